The average molecular weight is 224 g/mol. The molecule has 11 heteroatoms. The number of nitrogens with two attached hydrogens (primary N) is 4. The van der Waals surface area contributed by atoms with Crippen LogP contribution in [0.2, 0.25) is 0 Å². The van der Waals surface area contributed by atoms with Crippen LogP contribution in [-0.2, 0) is 0 Å². The van der Waals surface area contributed by atoms with E-state index in [-0.39, 0.29) is 71.0 Å². The van der Waals surface area contributed by atoms with Gasteiger partial charge in [-0.2, -0.15) is 0 Å². The normalized spacial score (nSPS) is 5.14. The van der Waals surface area contributed by atoms with Gasteiger partial charge in [0.25, 0.3) is 0 Å². The third-order valence-corrected chi connectivity index (χ3v) is 0. The van der Waals surface area contributed by atoms with Crippen LogP contribution >= 0.6 is 0 Å². The topological polar surface area (TPSA) is 215 Å². The maximum absolute atomic E-state index is 8.33. The van der Waals surface area contributed by atoms with Gasteiger partial charge in [-0.1, -0.05) is 0 Å². The van der Waals surface area contributed by atoms with Gasteiger partial charge in [-0.25, -0.2) is 0 Å². The standard InChI is InChI=1S/2CH5N3.CH2O3.2Na/c3*2-1(3)4;;/h2*(H5,2,3,4);(H2,2,3,4);;/q;;;2*+1/p-2. The zero-order valence-corrected chi connectivity index (χ0v) is 12.0. The van der Waals surface area contributed by atoms with Gasteiger partial charge < -0.3 is 37.9 Å². The molecule has 0 radical (unpaired) electrons. The summed E-state index contributed by atoms with van der Waals surface area (Å²) in [5.74, 6) is -0.667. The number of hydrogen-bond acceptors (Lipinski definition) is 5. The fourth-order valence-electron chi connectivity index (χ4n) is 0. The van der Waals surface area contributed by atoms with E-state index in [0.29, 0.717) is 0 Å². The van der Waals surface area contributed by atoms with E-state index in [1.54, 1.807) is 0 Å². The van der Waals surface area contributed by atoms with Crippen LogP contribution < -0.4 is 92.3 Å². The molecule has 0 bridgehead atoms. The van der Waals surface area contributed by atoms with Crippen LogP contribution in [0, 0.1) is 10.8 Å². The number of nitrogens with one attached hydrogen (secondary N) is 2. The summed E-state index contributed by atoms with van der Waals surface area (Å²) in [7, 11) is 0. The largest absolute Gasteiger partial charge is 1.00 e. The molecule has 0 aromatic heterocycles. The maximum atomic E-state index is 8.33. The van der Waals surface area contributed by atoms with Gasteiger partial charge in [0.2, 0.25) is 0 Å². The van der Waals surface area contributed by atoms with Gasteiger partial charge in [0.1, 0.15) is 0 Å². The molecule has 72 valence electrons. The second-order valence-corrected chi connectivity index (χ2v) is 1.16. The van der Waals surface area contributed by atoms with Gasteiger partial charge in [0.05, 0.1) is 0 Å². The van der Waals surface area contributed by atoms with Crippen molar-refractivity contribution in [3.63, 3.8) is 0 Å². The minimum Gasteiger partial charge on any atom is -0.652 e. The molecule has 0 unspecified atom stereocenters. The minimum atomic E-state index is -2.33. The molecule has 9 nitrogen and oxygen atoms in total. The molecule has 0 heterocycles. The third-order valence-electron chi connectivity index (χ3n) is 0. The molecule has 0 saturated heterocycles. The van der Waals surface area contributed by atoms with Crippen molar-refractivity contribution in [3.05, 3.63) is 0 Å². The van der Waals surface area contributed by atoms with Gasteiger partial charge in [-0.3, -0.25) is 10.8 Å². The maximum Gasteiger partial charge on any atom is 1.00 e. The minimum absolute atomic E-state index is 0. The Hall–Kier alpha value is -0.190. The molecular weight excluding hydrogens is 214 g/mol. The number of carbonyl (C=O) groups is 1. The molecule has 10 N–H and O–H groups in total. The van der Waals surface area contributed by atoms with E-state index < -0.39 is 6.16 Å². The van der Waals surface area contributed by atoms with Crippen molar-refractivity contribution in [1.82, 2.24) is 0 Å². The summed E-state index contributed by atoms with van der Waals surface area (Å²) in [4.78, 5) is 8.33. The number of carbonyl (C=O) groups excluding carboxylic acids is 1. The zero-order chi connectivity index (χ0) is 10.7. The fraction of sp³-hybridized carbons (Fsp3) is 0. The number of hydrogen-bond donors (Lipinski definition) is 6. The molecule has 0 fully saturated rings. The van der Waals surface area contributed by atoms with Crippen molar-refractivity contribution in [2.45, 2.75) is 0 Å². The van der Waals surface area contributed by atoms with Crippen molar-refractivity contribution < 1.29 is 74.1 Å². The van der Waals surface area contributed by atoms with Crippen LogP contribution in [0.1, 0.15) is 0 Å². The van der Waals surface area contributed by atoms with Gasteiger partial charge in [-0.15, -0.1) is 0 Å². The first-order valence-corrected chi connectivity index (χ1v) is 2.27. The van der Waals surface area contributed by atoms with E-state index in [9.17, 15) is 0 Å². The van der Waals surface area contributed by atoms with E-state index in [4.69, 9.17) is 25.8 Å². The van der Waals surface area contributed by atoms with E-state index in [1.165, 1.54) is 0 Å². The zero-order valence-electron chi connectivity index (χ0n) is 8.03. The number of guanidine groups is 2. The van der Waals surface area contributed by atoms with Gasteiger partial charge in [0, 0.05) is 0 Å². The summed E-state index contributed by atoms with van der Waals surface area (Å²) in [5, 5.41) is 28.8. The van der Waals surface area contributed by atoms with Crippen LogP contribution in [0.25, 0.3) is 0 Å². The van der Waals surface area contributed by atoms with Crippen molar-refractivity contribution in [2.75, 3.05) is 0 Å². The number of rotatable bonds is 0. The van der Waals surface area contributed by atoms with E-state index in [1.807, 2.05) is 0 Å². The van der Waals surface area contributed by atoms with Gasteiger partial charge in [-0.05, 0) is 6.16 Å². The monoisotopic (exact) mass is 224 g/mol. The molecule has 0 spiro atoms. The van der Waals surface area contributed by atoms with Crippen molar-refractivity contribution in [2.24, 2.45) is 22.9 Å². The molecule has 0 atom stereocenters. The van der Waals surface area contributed by atoms with Crippen LogP contribution in [0.5, 0.6) is 0 Å². The Morgan fingerprint density at radius 2 is 0.857 bits per heavy atom. The second kappa shape index (κ2) is 23.0. The first-order valence-electron chi connectivity index (χ1n) is 2.27. The summed E-state index contributed by atoms with van der Waals surface area (Å²) in [6.07, 6.45) is -2.33. The van der Waals surface area contributed by atoms with E-state index >= 15 is 0 Å². The van der Waals surface area contributed by atoms with Crippen molar-refractivity contribution in [3.8, 4) is 0 Å². The predicted octanol–water partition coefficient (Wildman–Crippen LogP) is -10.8. The van der Waals surface area contributed by atoms with E-state index in [0.717, 1.165) is 0 Å². The van der Waals surface area contributed by atoms with Crippen LogP contribution in [0.15, 0.2) is 0 Å². The summed E-state index contributed by atoms with van der Waals surface area (Å²) in [6.45, 7) is 0. The first-order chi connectivity index (χ1) is 5.20. The molecule has 0 amide bonds. The van der Waals surface area contributed by atoms with Crippen molar-refractivity contribution in [1.29, 1.82) is 10.8 Å². The first kappa shape index (κ1) is 29.2. The smallest absolute Gasteiger partial charge is 0.652 e. The van der Waals surface area contributed by atoms with Gasteiger partial charge in [0.15, 0.2) is 11.9 Å². The number of carboxylic acid groups (broad SMARTS) is 2. The average Bonchev–Trinajstić information content (AvgIpc) is 1.54. The summed E-state index contributed by atoms with van der Waals surface area (Å²) in [5.41, 5.74) is 17.9. The Balaban J connectivity index is -0.0000000270. The second-order valence-electron chi connectivity index (χ2n) is 1.16. The molecule has 0 aliphatic heterocycles. The third kappa shape index (κ3) is 38200. The quantitative estimate of drug-likeness (QED) is 0.132. The van der Waals surface area contributed by atoms with Crippen LogP contribution in [0.4, 0.5) is 4.79 Å². The molecule has 0 saturated carbocycles. The molecule has 0 aliphatic rings. The Morgan fingerprint density at radius 1 is 0.857 bits per heavy atom. The molecular formula is C3H10N6Na2O3. The van der Waals surface area contributed by atoms with Crippen LogP contribution in [-0.4, -0.2) is 18.1 Å². The molecule has 0 aromatic rings. The SMILES string of the molecule is N=C(N)N.N=C(N)N.O=C([O-])[O-].[Na+].[Na+]. The van der Waals surface area contributed by atoms with Gasteiger partial charge >= 0.3 is 59.1 Å². The fourth-order valence-corrected chi connectivity index (χ4v) is 0. The Bertz CT molecular complexity index is 124. The Morgan fingerprint density at radius 3 is 0.857 bits per heavy atom. The Labute approximate surface area is 125 Å². The summed E-state index contributed by atoms with van der Waals surface area (Å²) in [6, 6.07) is 0. The molecule has 0 aliphatic carbocycles. The molecule has 0 aromatic carbocycles. The summed E-state index contributed by atoms with van der Waals surface area (Å²) >= 11 is 0. The summed E-state index contributed by atoms with van der Waals surface area (Å²) < 4.78 is 0. The predicted molar refractivity (Wildman–Crippen MR) is 37.6 cm³/mol. The van der Waals surface area contributed by atoms with E-state index in [2.05, 4.69) is 22.9 Å². The molecule has 0 rings (SSSR count). The Kier molecular flexibility index (Phi) is 48.0. The van der Waals surface area contributed by atoms with Crippen LogP contribution in [0.3, 0.4) is 0 Å². The molecule has 14 heavy (non-hydrogen) atoms. The van der Waals surface area contributed by atoms with Crippen molar-refractivity contribution >= 4 is 18.1 Å².